The van der Waals surface area contributed by atoms with Crippen LogP contribution in [-0.4, -0.2) is 10.9 Å². The third-order valence-corrected chi connectivity index (χ3v) is 2.61. The number of benzene rings is 1. The normalized spacial score (nSPS) is 10.0. The molecule has 0 saturated carbocycles. The van der Waals surface area contributed by atoms with Gasteiger partial charge >= 0.3 is 5.91 Å². The van der Waals surface area contributed by atoms with Gasteiger partial charge in [-0.3, -0.25) is 9.78 Å². The molecule has 1 heterocycles. The highest BCUT2D eigenvalue weighted by Crippen LogP contribution is 2.20. The minimum atomic E-state index is -0.852. The number of nitroso groups, excluding NO2 is 1. The van der Waals surface area contributed by atoms with Crippen molar-refractivity contribution < 1.29 is 4.79 Å². The molecular weight excluding hydrogens is 230 g/mol. The molecule has 0 aliphatic heterocycles. The SMILES string of the molecule is Nc1c(Cc2ccccn2)cccc1C(=O)N=O. The summed E-state index contributed by atoms with van der Waals surface area (Å²) in [5, 5.41) is 2.38. The first-order valence-corrected chi connectivity index (χ1v) is 5.37. The van der Waals surface area contributed by atoms with Crippen molar-refractivity contribution in [3.05, 3.63) is 64.3 Å². The van der Waals surface area contributed by atoms with Gasteiger partial charge < -0.3 is 5.73 Å². The Bertz CT molecular complexity index is 582. The lowest BCUT2D eigenvalue weighted by Crippen LogP contribution is -2.05. The molecule has 0 saturated heterocycles. The maximum atomic E-state index is 11.3. The first kappa shape index (κ1) is 11.9. The Labute approximate surface area is 104 Å². The first-order chi connectivity index (χ1) is 8.72. The zero-order chi connectivity index (χ0) is 13.0. The van der Waals surface area contributed by atoms with Gasteiger partial charge in [-0.1, -0.05) is 18.2 Å². The fraction of sp³-hybridized carbons (Fsp3) is 0.0769. The molecule has 0 aliphatic carbocycles. The number of aromatic nitrogens is 1. The Hall–Kier alpha value is -2.56. The molecule has 2 aromatic rings. The summed E-state index contributed by atoms with van der Waals surface area (Å²) in [6, 6.07) is 10.5. The summed E-state index contributed by atoms with van der Waals surface area (Å²) in [6.07, 6.45) is 2.19. The summed E-state index contributed by atoms with van der Waals surface area (Å²) in [7, 11) is 0. The van der Waals surface area contributed by atoms with Crippen LogP contribution < -0.4 is 5.73 Å². The highest BCUT2D eigenvalue weighted by molar-refractivity contribution is 6.00. The summed E-state index contributed by atoms with van der Waals surface area (Å²) < 4.78 is 0. The molecule has 0 spiro atoms. The summed E-state index contributed by atoms with van der Waals surface area (Å²) >= 11 is 0. The van der Waals surface area contributed by atoms with Crippen LogP contribution >= 0.6 is 0 Å². The van der Waals surface area contributed by atoms with Gasteiger partial charge in [0.2, 0.25) is 0 Å². The van der Waals surface area contributed by atoms with E-state index in [1.165, 1.54) is 6.07 Å². The van der Waals surface area contributed by atoms with E-state index in [2.05, 4.69) is 10.2 Å². The zero-order valence-electron chi connectivity index (χ0n) is 9.54. The molecule has 1 aromatic heterocycles. The van der Waals surface area contributed by atoms with Crippen molar-refractivity contribution in [2.45, 2.75) is 6.42 Å². The van der Waals surface area contributed by atoms with Crippen molar-refractivity contribution in [2.75, 3.05) is 5.73 Å². The van der Waals surface area contributed by atoms with Crippen LogP contribution in [0.2, 0.25) is 0 Å². The van der Waals surface area contributed by atoms with Crippen molar-refractivity contribution >= 4 is 11.6 Å². The average molecular weight is 241 g/mol. The Morgan fingerprint density at radius 1 is 1.22 bits per heavy atom. The summed E-state index contributed by atoms with van der Waals surface area (Å²) in [6.45, 7) is 0. The first-order valence-electron chi connectivity index (χ1n) is 5.37. The van der Waals surface area contributed by atoms with Crippen molar-refractivity contribution in [2.24, 2.45) is 5.18 Å². The summed E-state index contributed by atoms with van der Waals surface area (Å²) in [4.78, 5) is 25.7. The van der Waals surface area contributed by atoms with E-state index in [-0.39, 0.29) is 11.3 Å². The third-order valence-electron chi connectivity index (χ3n) is 2.61. The van der Waals surface area contributed by atoms with Crippen LogP contribution in [0.5, 0.6) is 0 Å². The van der Waals surface area contributed by atoms with Crippen LogP contribution in [0, 0.1) is 4.91 Å². The quantitative estimate of drug-likeness (QED) is 0.659. The average Bonchev–Trinajstić information content (AvgIpc) is 2.41. The molecular formula is C13H11N3O2. The number of nitrogens with two attached hydrogens (primary N) is 1. The van der Waals surface area contributed by atoms with Gasteiger partial charge in [0.25, 0.3) is 0 Å². The van der Waals surface area contributed by atoms with Crippen molar-refractivity contribution in [3.8, 4) is 0 Å². The minimum Gasteiger partial charge on any atom is -0.398 e. The number of rotatable bonds is 3. The van der Waals surface area contributed by atoms with Gasteiger partial charge in [-0.25, -0.2) is 0 Å². The highest BCUT2D eigenvalue weighted by Gasteiger charge is 2.13. The molecule has 2 rings (SSSR count). The minimum absolute atomic E-state index is 0.137. The summed E-state index contributed by atoms with van der Waals surface area (Å²) in [5.74, 6) is -0.852. The number of amides is 1. The highest BCUT2D eigenvalue weighted by atomic mass is 16.3. The lowest BCUT2D eigenvalue weighted by molar-refractivity contribution is 0.100. The molecule has 5 nitrogen and oxygen atoms in total. The van der Waals surface area contributed by atoms with Gasteiger partial charge in [0.1, 0.15) is 0 Å². The van der Waals surface area contributed by atoms with E-state index in [0.717, 1.165) is 11.3 Å². The van der Waals surface area contributed by atoms with Gasteiger partial charge in [0, 0.05) is 29.2 Å². The lowest BCUT2D eigenvalue weighted by Gasteiger charge is -2.07. The number of anilines is 1. The van der Waals surface area contributed by atoms with Gasteiger partial charge in [-0.2, -0.15) is 0 Å². The van der Waals surface area contributed by atoms with E-state index in [1.807, 2.05) is 18.2 Å². The second kappa shape index (κ2) is 5.18. The van der Waals surface area contributed by atoms with Crippen LogP contribution in [0.15, 0.2) is 47.8 Å². The molecule has 0 unspecified atom stereocenters. The van der Waals surface area contributed by atoms with Crippen LogP contribution in [0.3, 0.4) is 0 Å². The van der Waals surface area contributed by atoms with Crippen LogP contribution in [0.4, 0.5) is 5.69 Å². The molecule has 0 atom stereocenters. The number of nitrogens with zero attached hydrogens (tertiary/aromatic N) is 2. The van der Waals surface area contributed by atoms with Gasteiger partial charge in [0.05, 0.1) is 5.56 Å². The lowest BCUT2D eigenvalue weighted by atomic mass is 10.0. The molecule has 5 heteroatoms. The predicted octanol–water partition coefficient (Wildman–Crippen LogP) is 2.16. The smallest absolute Gasteiger partial charge is 0.318 e. The maximum Gasteiger partial charge on any atom is 0.318 e. The largest absolute Gasteiger partial charge is 0.398 e. The molecule has 0 bridgehead atoms. The fourth-order valence-corrected chi connectivity index (χ4v) is 1.70. The van der Waals surface area contributed by atoms with E-state index in [1.54, 1.807) is 18.3 Å². The van der Waals surface area contributed by atoms with Crippen molar-refractivity contribution in [1.29, 1.82) is 0 Å². The second-order valence-electron chi connectivity index (χ2n) is 3.77. The van der Waals surface area contributed by atoms with E-state index >= 15 is 0 Å². The zero-order valence-corrected chi connectivity index (χ0v) is 9.54. The van der Waals surface area contributed by atoms with Gasteiger partial charge in [0.15, 0.2) is 0 Å². The fourth-order valence-electron chi connectivity index (χ4n) is 1.70. The maximum absolute atomic E-state index is 11.3. The monoisotopic (exact) mass is 241 g/mol. The molecule has 0 fully saturated rings. The second-order valence-corrected chi connectivity index (χ2v) is 3.77. The Morgan fingerprint density at radius 3 is 2.72 bits per heavy atom. The molecule has 0 radical (unpaired) electrons. The van der Waals surface area contributed by atoms with Crippen molar-refractivity contribution in [3.63, 3.8) is 0 Å². The van der Waals surface area contributed by atoms with Crippen LogP contribution in [0.1, 0.15) is 21.6 Å². The number of nitrogen functional groups attached to an aromatic ring is 1. The molecule has 1 aromatic carbocycles. The van der Waals surface area contributed by atoms with E-state index in [9.17, 15) is 9.70 Å². The molecule has 18 heavy (non-hydrogen) atoms. The molecule has 0 aliphatic rings. The number of carbonyl (C=O) groups excluding carboxylic acids is 1. The number of hydrogen-bond donors (Lipinski definition) is 1. The molecule has 90 valence electrons. The number of para-hydroxylation sites is 1. The summed E-state index contributed by atoms with van der Waals surface area (Å²) in [5.41, 5.74) is 7.88. The van der Waals surface area contributed by atoms with Gasteiger partial charge in [-0.15, -0.1) is 4.91 Å². The Kier molecular flexibility index (Phi) is 3.43. The van der Waals surface area contributed by atoms with Crippen LogP contribution in [-0.2, 0) is 6.42 Å². The van der Waals surface area contributed by atoms with E-state index < -0.39 is 5.91 Å². The molecule has 2 N–H and O–H groups in total. The Balaban J connectivity index is 2.35. The number of hydrogen-bond acceptors (Lipinski definition) is 4. The number of carbonyl (C=O) groups is 1. The topological polar surface area (TPSA) is 85.4 Å². The Morgan fingerprint density at radius 2 is 2.06 bits per heavy atom. The van der Waals surface area contributed by atoms with Gasteiger partial charge in [-0.05, 0) is 23.8 Å². The number of pyridine rings is 1. The predicted molar refractivity (Wildman–Crippen MR) is 68.0 cm³/mol. The van der Waals surface area contributed by atoms with E-state index in [0.29, 0.717) is 6.42 Å². The van der Waals surface area contributed by atoms with Crippen LogP contribution in [0.25, 0.3) is 0 Å². The van der Waals surface area contributed by atoms with Crippen molar-refractivity contribution in [1.82, 2.24) is 4.98 Å². The standard InChI is InChI=1S/C13H11N3O2/c14-12-9(8-10-5-1-2-7-15-10)4-3-6-11(12)13(17)16-18/h1-7H,8,14H2. The molecule has 1 amide bonds. The third kappa shape index (κ3) is 2.40. The van der Waals surface area contributed by atoms with E-state index in [4.69, 9.17) is 5.73 Å².